The minimum Gasteiger partial charge on any atom is -0.439 e. The Labute approximate surface area is 251 Å². The van der Waals surface area contributed by atoms with E-state index < -0.39 is 54.2 Å². The summed E-state index contributed by atoms with van der Waals surface area (Å²) in [5.41, 5.74) is 5.88. The molecule has 2 saturated heterocycles. The number of halogens is 1. The molecule has 6 atom stereocenters. The number of carbonyl (C=O) groups excluding carboxylic acids is 2. The molecular formula is C27H31ClN2O13. The van der Waals surface area contributed by atoms with Gasteiger partial charge in [0, 0.05) is 23.6 Å². The normalized spacial score (nSPS) is 24.9. The third-order valence-corrected chi connectivity index (χ3v) is 6.35. The number of non-ortho nitro benzene ring substituents is 1. The Hall–Kier alpha value is -3.57. The maximum atomic E-state index is 12.8. The summed E-state index contributed by atoms with van der Waals surface area (Å²) in [5.74, 6) is 0.332. The number of hydrogen-bond acceptors (Lipinski definition) is 13. The third-order valence-electron chi connectivity index (χ3n) is 6.19. The Kier molecular flexibility index (Phi) is 12.3. The van der Waals surface area contributed by atoms with Gasteiger partial charge in [-0.2, -0.15) is 0 Å². The van der Waals surface area contributed by atoms with Gasteiger partial charge >= 0.3 is 12.2 Å². The first-order chi connectivity index (χ1) is 20.9. The van der Waals surface area contributed by atoms with Crippen LogP contribution in [0.25, 0.3) is 0 Å². The van der Waals surface area contributed by atoms with Crippen molar-refractivity contribution in [3.8, 4) is 5.75 Å². The molecule has 2 fully saturated rings. The van der Waals surface area contributed by atoms with Crippen molar-refractivity contribution in [3.05, 3.63) is 70.3 Å². The van der Waals surface area contributed by atoms with E-state index in [0.29, 0.717) is 24.7 Å². The van der Waals surface area contributed by atoms with Gasteiger partial charge in [0.05, 0.1) is 44.6 Å². The molecule has 0 aromatic heterocycles. The van der Waals surface area contributed by atoms with Gasteiger partial charge in [-0.25, -0.2) is 9.59 Å². The van der Waals surface area contributed by atoms with Crippen LogP contribution in [-0.2, 0) is 37.9 Å². The molecule has 15 nitrogen and oxygen atoms in total. The fraction of sp³-hybridized carbons (Fsp3) is 0.481. The summed E-state index contributed by atoms with van der Waals surface area (Å²) < 4.78 is 50.7. The molecule has 2 aromatic carbocycles. The molecule has 4 rings (SSSR count). The summed E-state index contributed by atoms with van der Waals surface area (Å²) in [7, 11) is 0. The second-order valence-corrected chi connectivity index (χ2v) is 9.47. The van der Waals surface area contributed by atoms with E-state index in [-0.39, 0.29) is 37.9 Å². The van der Waals surface area contributed by atoms with Gasteiger partial charge in [-0.15, -0.1) is 11.6 Å². The van der Waals surface area contributed by atoms with Crippen molar-refractivity contribution in [1.82, 2.24) is 0 Å². The van der Waals surface area contributed by atoms with Crippen LogP contribution in [0.5, 0.6) is 5.75 Å². The van der Waals surface area contributed by atoms with Crippen molar-refractivity contribution in [2.24, 2.45) is 5.73 Å². The van der Waals surface area contributed by atoms with Gasteiger partial charge in [-0.05, 0) is 12.1 Å². The van der Waals surface area contributed by atoms with Gasteiger partial charge in [0.2, 0.25) is 0 Å². The fourth-order valence-corrected chi connectivity index (χ4v) is 4.43. The predicted octanol–water partition coefficient (Wildman–Crippen LogP) is 3.07. The quantitative estimate of drug-likeness (QED) is 0.0805. The maximum absolute atomic E-state index is 12.8. The van der Waals surface area contributed by atoms with Crippen LogP contribution < -0.4 is 10.5 Å². The van der Waals surface area contributed by atoms with E-state index in [0.717, 1.165) is 12.1 Å². The second-order valence-electron chi connectivity index (χ2n) is 9.09. The van der Waals surface area contributed by atoms with E-state index in [1.165, 1.54) is 12.1 Å². The minimum absolute atomic E-state index is 0.00747. The summed E-state index contributed by atoms with van der Waals surface area (Å²) in [6.45, 7) is 1.16. The Morgan fingerprint density at radius 3 is 2.30 bits per heavy atom. The zero-order valence-electron chi connectivity index (χ0n) is 22.8. The molecule has 1 unspecified atom stereocenters. The van der Waals surface area contributed by atoms with Crippen molar-refractivity contribution in [2.75, 3.05) is 45.5 Å². The minimum atomic E-state index is -1.42. The van der Waals surface area contributed by atoms with Crippen molar-refractivity contribution >= 4 is 29.5 Å². The molecule has 0 aliphatic carbocycles. The molecule has 234 valence electrons. The standard InChI is InChI=1S/C27H31ClN2O13/c28-10-11-35-12-13-36-14-15-37-25-23(43-27(32)39-19-8-6-18(7-9-19)30(33)34)22(42-26(29)31)21-20(40-25)16-38-24(41-21)17-4-2-1-3-5-17/h1-9,20-25H,10-16H2,(H2,29,31)/t20-,21-,22+,23+,24?,25+/m1/s1. The highest BCUT2D eigenvalue weighted by Gasteiger charge is 2.54. The molecule has 2 heterocycles. The molecule has 2 aromatic rings. The second kappa shape index (κ2) is 16.3. The average Bonchev–Trinajstić information content (AvgIpc) is 3.00. The van der Waals surface area contributed by atoms with Crippen LogP contribution in [0.1, 0.15) is 11.9 Å². The molecule has 0 bridgehead atoms. The van der Waals surface area contributed by atoms with Gasteiger partial charge in [0.1, 0.15) is 18.0 Å². The van der Waals surface area contributed by atoms with E-state index in [1.807, 2.05) is 6.07 Å². The number of alkyl halides is 1. The zero-order valence-corrected chi connectivity index (χ0v) is 23.6. The van der Waals surface area contributed by atoms with Crippen LogP contribution in [0.3, 0.4) is 0 Å². The molecule has 1 amide bonds. The first kappa shape index (κ1) is 32.3. The number of nitrogens with zero attached hydrogens (tertiary/aromatic N) is 1. The molecule has 16 heteroatoms. The van der Waals surface area contributed by atoms with Crippen LogP contribution in [0.15, 0.2) is 54.6 Å². The van der Waals surface area contributed by atoms with Gasteiger partial charge in [-0.1, -0.05) is 30.3 Å². The Morgan fingerprint density at radius 2 is 1.63 bits per heavy atom. The van der Waals surface area contributed by atoms with Crippen LogP contribution in [0.4, 0.5) is 15.3 Å². The number of ether oxygens (including phenoxy) is 9. The van der Waals surface area contributed by atoms with Crippen LogP contribution >= 0.6 is 11.6 Å². The maximum Gasteiger partial charge on any atom is 0.514 e. The molecular weight excluding hydrogens is 596 g/mol. The van der Waals surface area contributed by atoms with Gasteiger partial charge in [0.25, 0.3) is 5.69 Å². The van der Waals surface area contributed by atoms with Gasteiger partial charge in [0.15, 0.2) is 24.8 Å². The highest BCUT2D eigenvalue weighted by atomic mass is 35.5. The van der Waals surface area contributed by atoms with Gasteiger partial charge in [-0.3, -0.25) is 10.1 Å². The first-order valence-electron chi connectivity index (χ1n) is 13.2. The van der Waals surface area contributed by atoms with Gasteiger partial charge < -0.3 is 48.4 Å². The summed E-state index contributed by atoms with van der Waals surface area (Å²) in [5, 5.41) is 10.9. The predicted molar refractivity (Wildman–Crippen MR) is 145 cm³/mol. The number of nitro groups is 1. The molecule has 2 aliphatic rings. The topological polar surface area (TPSA) is 186 Å². The van der Waals surface area contributed by atoms with E-state index >= 15 is 0 Å². The molecule has 0 radical (unpaired) electrons. The van der Waals surface area contributed by atoms with Crippen LogP contribution in [0.2, 0.25) is 0 Å². The lowest BCUT2D eigenvalue weighted by molar-refractivity contribution is -0.384. The number of fused-ring (bicyclic) bond motifs is 1. The summed E-state index contributed by atoms with van der Waals surface area (Å²) >= 11 is 5.57. The monoisotopic (exact) mass is 626 g/mol. The summed E-state index contributed by atoms with van der Waals surface area (Å²) in [4.78, 5) is 35.2. The van der Waals surface area contributed by atoms with Crippen molar-refractivity contribution in [1.29, 1.82) is 0 Å². The molecule has 2 aliphatic heterocycles. The number of hydrogen-bond donors (Lipinski definition) is 1. The Balaban J connectivity index is 1.48. The zero-order chi connectivity index (χ0) is 30.6. The number of nitrogens with two attached hydrogens (primary N) is 1. The largest absolute Gasteiger partial charge is 0.514 e. The summed E-state index contributed by atoms with van der Waals surface area (Å²) in [6, 6.07) is 13.8. The lowest BCUT2D eigenvalue weighted by Gasteiger charge is -2.47. The average molecular weight is 627 g/mol. The highest BCUT2D eigenvalue weighted by molar-refractivity contribution is 6.17. The molecule has 0 saturated carbocycles. The van der Waals surface area contributed by atoms with Crippen molar-refractivity contribution in [2.45, 2.75) is 37.0 Å². The number of benzene rings is 2. The lowest BCUT2D eigenvalue weighted by Crippen LogP contribution is -2.64. The van der Waals surface area contributed by atoms with E-state index in [9.17, 15) is 19.7 Å². The Morgan fingerprint density at radius 1 is 0.930 bits per heavy atom. The fourth-order valence-electron chi connectivity index (χ4n) is 4.32. The number of rotatable bonds is 14. The SMILES string of the molecule is NC(=O)O[C@@H]1[C@H](OC(=O)Oc2ccc([N+](=O)[O-])cc2)[C@@H](OCCOCCOCCCl)O[C@@H]2COC(c3ccccc3)O[C@@H]12. The number of carbonyl (C=O) groups is 2. The van der Waals surface area contributed by atoms with E-state index in [4.69, 9.17) is 60.0 Å². The number of nitro benzene ring substituents is 1. The van der Waals surface area contributed by atoms with E-state index in [2.05, 4.69) is 0 Å². The highest BCUT2D eigenvalue weighted by Crippen LogP contribution is 2.37. The Bertz CT molecular complexity index is 1190. The lowest BCUT2D eigenvalue weighted by atomic mass is 9.97. The number of amides is 1. The summed E-state index contributed by atoms with van der Waals surface area (Å²) in [6.07, 6.45) is -9.02. The van der Waals surface area contributed by atoms with Crippen LogP contribution in [-0.4, -0.2) is 93.4 Å². The third kappa shape index (κ3) is 9.46. The number of primary amides is 1. The molecule has 0 spiro atoms. The van der Waals surface area contributed by atoms with Crippen molar-refractivity contribution < 1.29 is 57.1 Å². The van der Waals surface area contributed by atoms with Crippen molar-refractivity contribution in [3.63, 3.8) is 0 Å². The first-order valence-corrected chi connectivity index (χ1v) is 13.8. The molecule has 2 N–H and O–H groups in total. The van der Waals surface area contributed by atoms with Crippen LogP contribution in [0, 0.1) is 10.1 Å². The molecule has 43 heavy (non-hydrogen) atoms. The smallest absolute Gasteiger partial charge is 0.439 e. The van der Waals surface area contributed by atoms with E-state index in [1.54, 1.807) is 24.3 Å².